The molecule has 1 fully saturated rings. The first kappa shape index (κ1) is 27.1. The van der Waals surface area contributed by atoms with E-state index in [0.717, 1.165) is 60.7 Å². The average Bonchev–Trinajstić information content (AvgIpc) is 2.97. The molecule has 1 amide bonds. The minimum Gasteiger partial charge on any atom is -0.438 e. The van der Waals surface area contributed by atoms with E-state index >= 15 is 0 Å². The number of hydrogen-bond donors (Lipinski definition) is 4. The van der Waals surface area contributed by atoms with Gasteiger partial charge >= 0.3 is 0 Å². The maximum absolute atomic E-state index is 13.4. The van der Waals surface area contributed by atoms with Crippen molar-refractivity contribution >= 4 is 28.9 Å². The molecule has 0 spiro atoms. The number of carbonyl (C=O) groups excluding carboxylic acids is 1. The normalized spacial score (nSPS) is 13.1. The second-order valence-electron chi connectivity index (χ2n) is 9.83. The molecule has 0 aliphatic carbocycles. The molecule has 0 bridgehead atoms. The van der Waals surface area contributed by atoms with E-state index in [1.165, 1.54) is 11.9 Å². The fourth-order valence-corrected chi connectivity index (χ4v) is 4.66. The van der Waals surface area contributed by atoms with Gasteiger partial charge in [-0.15, -0.1) is 0 Å². The van der Waals surface area contributed by atoms with Crippen LogP contribution in [0.1, 0.15) is 27.0 Å². The van der Waals surface area contributed by atoms with E-state index in [-0.39, 0.29) is 17.4 Å². The highest BCUT2D eigenvalue weighted by atomic mass is 16.5. The Labute approximate surface area is 234 Å². The number of piperazine rings is 1. The molecule has 9 heteroatoms. The summed E-state index contributed by atoms with van der Waals surface area (Å²) < 4.78 is 6.14. The lowest BCUT2D eigenvalue weighted by Gasteiger charge is -2.29. The molecule has 40 heavy (non-hydrogen) atoms. The van der Waals surface area contributed by atoms with Crippen molar-refractivity contribution in [3.05, 3.63) is 95.2 Å². The molecule has 1 aromatic heterocycles. The Kier molecular flexibility index (Phi) is 8.53. The van der Waals surface area contributed by atoms with Crippen LogP contribution >= 0.6 is 0 Å². The van der Waals surface area contributed by atoms with Crippen LogP contribution in [0.5, 0.6) is 11.6 Å². The molecule has 0 radical (unpaired) electrons. The van der Waals surface area contributed by atoms with Gasteiger partial charge in [-0.1, -0.05) is 30.3 Å². The number of benzene rings is 3. The van der Waals surface area contributed by atoms with Gasteiger partial charge in [0.05, 0.1) is 0 Å². The van der Waals surface area contributed by atoms with Gasteiger partial charge in [-0.2, -0.15) is 4.98 Å². The number of ether oxygens (including phenoxy) is 1. The van der Waals surface area contributed by atoms with E-state index in [4.69, 9.17) is 10.5 Å². The Morgan fingerprint density at radius 3 is 2.38 bits per heavy atom. The van der Waals surface area contributed by atoms with E-state index in [2.05, 4.69) is 43.0 Å². The number of hydrogen-bond acceptors (Lipinski definition) is 8. The minimum absolute atomic E-state index is 0.158. The van der Waals surface area contributed by atoms with E-state index in [1.807, 2.05) is 68.4 Å². The van der Waals surface area contributed by atoms with Gasteiger partial charge in [0.1, 0.15) is 11.3 Å². The zero-order chi connectivity index (χ0) is 27.9. The van der Waals surface area contributed by atoms with Crippen LogP contribution < -0.4 is 31.3 Å². The summed E-state index contributed by atoms with van der Waals surface area (Å²) in [6, 6.07) is 21.7. The van der Waals surface area contributed by atoms with Gasteiger partial charge in [0, 0.05) is 49.4 Å². The summed E-state index contributed by atoms with van der Waals surface area (Å²) in [6.45, 7) is 8.41. The van der Waals surface area contributed by atoms with Gasteiger partial charge in [0.2, 0.25) is 11.8 Å². The number of nitrogens with one attached hydrogen (secondary N) is 3. The number of nitrogens with two attached hydrogens (primary N) is 1. The van der Waals surface area contributed by atoms with Crippen molar-refractivity contribution in [1.82, 2.24) is 15.3 Å². The first-order chi connectivity index (χ1) is 19.5. The summed E-state index contributed by atoms with van der Waals surface area (Å²) in [5, 5.41) is 9.63. The summed E-state index contributed by atoms with van der Waals surface area (Å²) in [4.78, 5) is 24.8. The second kappa shape index (κ2) is 12.6. The first-order valence-electron chi connectivity index (χ1n) is 13.5. The van der Waals surface area contributed by atoms with Gasteiger partial charge < -0.3 is 31.3 Å². The Bertz CT molecular complexity index is 1430. The van der Waals surface area contributed by atoms with Gasteiger partial charge in [-0.05, 0) is 79.9 Å². The van der Waals surface area contributed by atoms with Crippen molar-refractivity contribution < 1.29 is 9.53 Å². The fourth-order valence-electron chi connectivity index (χ4n) is 4.66. The predicted molar refractivity (Wildman–Crippen MR) is 160 cm³/mol. The van der Waals surface area contributed by atoms with Crippen molar-refractivity contribution in [3.8, 4) is 11.6 Å². The monoisotopic (exact) mass is 537 g/mol. The van der Waals surface area contributed by atoms with E-state index in [1.54, 1.807) is 0 Å². The largest absolute Gasteiger partial charge is 0.438 e. The highest BCUT2D eigenvalue weighted by Crippen LogP contribution is 2.28. The maximum atomic E-state index is 13.4. The Hall–Kier alpha value is -4.47. The number of nitrogens with zero attached hydrogens (tertiary/aromatic N) is 3. The van der Waals surface area contributed by atoms with Crippen LogP contribution in [-0.4, -0.2) is 48.6 Å². The number of rotatable bonds is 9. The molecule has 1 aliphatic heterocycles. The van der Waals surface area contributed by atoms with Gasteiger partial charge in [-0.3, -0.25) is 4.79 Å². The molecule has 2 heterocycles. The van der Waals surface area contributed by atoms with E-state index in [9.17, 15) is 4.79 Å². The van der Waals surface area contributed by atoms with Crippen LogP contribution in [0, 0.1) is 13.8 Å². The summed E-state index contributed by atoms with van der Waals surface area (Å²) in [5.41, 5.74) is 11.7. The summed E-state index contributed by atoms with van der Waals surface area (Å²) in [5.74, 6) is 0.699. The van der Waals surface area contributed by atoms with Gasteiger partial charge in [0.15, 0.2) is 0 Å². The smallest absolute Gasteiger partial charge is 0.262 e. The number of anilines is 4. The number of para-hydroxylation sites is 1. The third-order valence-corrected chi connectivity index (χ3v) is 6.89. The molecule has 9 nitrogen and oxygen atoms in total. The zero-order valence-corrected chi connectivity index (χ0v) is 22.9. The van der Waals surface area contributed by atoms with Crippen LogP contribution in [-0.2, 0) is 6.42 Å². The van der Waals surface area contributed by atoms with Crippen LogP contribution in [0.15, 0.2) is 72.9 Å². The van der Waals surface area contributed by atoms with Crippen molar-refractivity contribution in [2.45, 2.75) is 20.3 Å². The second-order valence-corrected chi connectivity index (χ2v) is 9.83. The van der Waals surface area contributed by atoms with E-state index < -0.39 is 0 Å². The van der Waals surface area contributed by atoms with Crippen LogP contribution in [0.3, 0.4) is 0 Å². The lowest BCUT2D eigenvalue weighted by atomic mass is 10.1. The lowest BCUT2D eigenvalue weighted by Crippen LogP contribution is -2.43. The molecule has 1 aliphatic rings. The molecule has 1 saturated heterocycles. The first-order valence-corrected chi connectivity index (χ1v) is 13.5. The third-order valence-electron chi connectivity index (χ3n) is 6.89. The summed E-state index contributed by atoms with van der Waals surface area (Å²) in [6.07, 6.45) is 2.27. The zero-order valence-electron chi connectivity index (χ0n) is 22.9. The Balaban J connectivity index is 1.40. The highest BCUT2D eigenvalue weighted by molar-refractivity contribution is 6.06. The summed E-state index contributed by atoms with van der Waals surface area (Å²) >= 11 is 0. The molecular formula is C31H35N7O2. The van der Waals surface area contributed by atoms with Crippen LogP contribution in [0.4, 0.5) is 23.0 Å². The molecule has 0 saturated carbocycles. The van der Waals surface area contributed by atoms with E-state index in [0.29, 0.717) is 18.2 Å². The van der Waals surface area contributed by atoms with Crippen molar-refractivity contribution in [2.24, 2.45) is 5.73 Å². The molecule has 5 N–H and O–H groups in total. The standard InChI is InChI=1S/C31H35N7O2/c1-21-4-3-5-22(2)28(21)36-29(39)27-20-34-31(37-30(27)40-26-12-6-23(7-13-26)14-15-32)35-24-8-10-25(11-9-24)38-18-16-33-17-19-38/h3-13,20,33H,14-19,32H2,1-2H3,(H,36,39)(H,34,35,37). The van der Waals surface area contributed by atoms with Crippen LogP contribution in [0.2, 0.25) is 0 Å². The average molecular weight is 538 g/mol. The van der Waals surface area contributed by atoms with Gasteiger partial charge in [0.25, 0.3) is 5.91 Å². The minimum atomic E-state index is -0.348. The molecule has 3 aromatic carbocycles. The topological polar surface area (TPSA) is 117 Å². The molecule has 5 rings (SSSR count). The molecular weight excluding hydrogens is 502 g/mol. The maximum Gasteiger partial charge on any atom is 0.262 e. The van der Waals surface area contributed by atoms with Crippen LogP contribution in [0.25, 0.3) is 0 Å². The fraction of sp³-hybridized carbons (Fsp3) is 0.258. The number of aryl methyl sites for hydroxylation is 2. The molecule has 4 aromatic rings. The Morgan fingerprint density at radius 1 is 1.00 bits per heavy atom. The predicted octanol–water partition coefficient (Wildman–Crippen LogP) is 4.79. The number of aromatic nitrogens is 2. The summed E-state index contributed by atoms with van der Waals surface area (Å²) in [7, 11) is 0. The van der Waals surface area contributed by atoms with Gasteiger partial charge in [-0.25, -0.2) is 4.98 Å². The molecule has 0 unspecified atom stereocenters. The number of carbonyl (C=O) groups is 1. The molecule has 206 valence electrons. The third kappa shape index (κ3) is 6.56. The lowest BCUT2D eigenvalue weighted by molar-refractivity contribution is 0.102. The quantitative estimate of drug-likeness (QED) is 0.241. The Morgan fingerprint density at radius 2 is 1.70 bits per heavy atom. The molecule has 0 atom stereocenters. The van der Waals surface area contributed by atoms with Crippen molar-refractivity contribution in [3.63, 3.8) is 0 Å². The van der Waals surface area contributed by atoms with Crippen molar-refractivity contribution in [1.29, 1.82) is 0 Å². The SMILES string of the molecule is Cc1cccc(C)c1NC(=O)c1cnc(Nc2ccc(N3CCNCC3)cc2)nc1Oc1ccc(CCN)cc1. The van der Waals surface area contributed by atoms with Crippen molar-refractivity contribution in [2.75, 3.05) is 48.3 Å². The highest BCUT2D eigenvalue weighted by Gasteiger charge is 2.19. The number of amides is 1.